The van der Waals surface area contributed by atoms with Gasteiger partial charge >= 0.3 is 0 Å². The molecule has 2 aromatic heterocycles. The monoisotopic (exact) mass is 375 g/mol. The van der Waals surface area contributed by atoms with Crippen molar-refractivity contribution in [2.45, 2.75) is 6.92 Å². The van der Waals surface area contributed by atoms with Gasteiger partial charge in [0.05, 0.1) is 35.5 Å². The molecule has 4 heterocycles. The molecule has 2 aliphatic heterocycles. The number of anilines is 1. The Morgan fingerprint density at radius 1 is 1.00 bits per heavy atom. The molecule has 28 heavy (non-hydrogen) atoms. The van der Waals surface area contributed by atoms with Gasteiger partial charge in [-0.25, -0.2) is 4.98 Å². The summed E-state index contributed by atoms with van der Waals surface area (Å²) in [5.74, 6) is 1.90. The summed E-state index contributed by atoms with van der Waals surface area (Å²) in [6.07, 6.45) is 6.82. The zero-order valence-electron chi connectivity index (χ0n) is 15.6. The molecule has 0 bridgehead atoms. The van der Waals surface area contributed by atoms with E-state index < -0.39 is 0 Å². The van der Waals surface area contributed by atoms with Crippen molar-refractivity contribution in [1.29, 1.82) is 0 Å². The molecule has 8 nitrogen and oxygen atoms in total. The third-order valence-electron chi connectivity index (χ3n) is 5.61. The third-order valence-corrected chi connectivity index (χ3v) is 5.61. The van der Waals surface area contributed by atoms with Crippen molar-refractivity contribution < 1.29 is 4.79 Å². The second-order valence-electron chi connectivity index (χ2n) is 7.49. The smallest absolute Gasteiger partial charge is 0.256 e. The Morgan fingerprint density at radius 3 is 2.43 bits per heavy atom. The molecule has 0 spiro atoms. The number of hydrogen-bond donors (Lipinski definition) is 0. The summed E-state index contributed by atoms with van der Waals surface area (Å²) in [7, 11) is 0. The van der Waals surface area contributed by atoms with E-state index in [-0.39, 0.29) is 5.91 Å². The molecule has 0 N–H and O–H groups in total. The SMILES string of the molecule is Cc1cncc(N2CC3CN(C(=O)c4ccccc4-n4nccn4)CC3C2)n1. The Balaban J connectivity index is 1.32. The van der Waals surface area contributed by atoms with Crippen molar-refractivity contribution in [3.8, 4) is 5.69 Å². The molecule has 2 aliphatic rings. The summed E-state index contributed by atoms with van der Waals surface area (Å²) in [4.78, 5) is 27.8. The van der Waals surface area contributed by atoms with E-state index in [1.165, 1.54) is 4.80 Å². The molecule has 1 aromatic carbocycles. The van der Waals surface area contributed by atoms with E-state index in [0.29, 0.717) is 23.1 Å². The van der Waals surface area contributed by atoms with Crippen molar-refractivity contribution in [2.24, 2.45) is 11.8 Å². The minimum Gasteiger partial charge on any atom is -0.355 e. The number of rotatable bonds is 3. The van der Waals surface area contributed by atoms with E-state index in [1.807, 2.05) is 42.3 Å². The van der Waals surface area contributed by atoms with Crippen molar-refractivity contribution in [3.05, 3.63) is 60.3 Å². The van der Waals surface area contributed by atoms with Gasteiger partial charge in [-0.05, 0) is 19.1 Å². The first-order chi connectivity index (χ1) is 13.7. The maximum atomic E-state index is 13.2. The first kappa shape index (κ1) is 16.9. The van der Waals surface area contributed by atoms with Gasteiger partial charge in [0.25, 0.3) is 5.91 Å². The lowest BCUT2D eigenvalue weighted by Crippen LogP contribution is -2.34. The molecule has 142 valence electrons. The molecule has 2 atom stereocenters. The predicted molar refractivity (Wildman–Crippen MR) is 103 cm³/mol. The van der Waals surface area contributed by atoms with Crippen LogP contribution in [0.1, 0.15) is 16.1 Å². The van der Waals surface area contributed by atoms with E-state index >= 15 is 0 Å². The third kappa shape index (κ3) is 2.90. The standard InChI is InChI=1S/C20H21N7O/c1-14-8-21-9-19(24-14)25-10-15-12-26(13-16(15)11-25)20(28)17-4-2-3-5-18(17)27-22-6-7-23-27/h2-9,15-16H,10-13H2,1H3. The quantitative estimate of drug-likeness (QED) is 0.691. The van der Waals surface area contributed by atoms with E-state index in [0.717, 1.165) is 37.7 Å². The Morgan fingerprint density at radius 2 is 1.71 bits per heavy atom. The van der Waals surface area contributed by atoms with E-state index in [4.69, 9.17) is 0 Å². The van der Waals surface area contributed by atoms with Crippen molar-refractivity contribution >= 4 is 11.7 Å². The molecular formula is C20H21N7O. The highest BCUT2D eigenvalue weighted by Crippen LogP contribution is 2.34. The zero-order valence-corrected chi connectivity index (χ0v) is 15.6. The lowest BCUT2D eigenvalue weighted by molar-refractivity contribution is 0.0782. The number of amides is 1. The highest BCUT2D eigenvalue weighted by molar-refractivity contribution is 5.97. The Hall–Kier alpha value is -3.29. The van der Waals surface area contributed by atoms with E-state index in [2.05, 4.69) is 25.1 Å². The molecule has 1 amide bonds. The molecule has 0 radical (unpaired) electrons. The van der Waals surface area contributed by atoms with Crippen LogP contribution < -0.4 is 4.90 Å². The second kappa shape index (κ2) is 6.70. The maximum Gasteiger partial charge on any atom is 0.256 e. The summed E-state index contributed by atoms with van der Waals surface area (Å²) >= 11 is 0. The fourth-order valence-electron chi connectivity index (χ4n) is 4.29. The normalized spacial score (nSPS) is 21.2. The van der Waals surface area contributed by atoms with Gasteiger partial charge in [-0.2, -0.15) is 15.0 Å². The van der Waals surface area contributed by atoms with E-state index in [1.54, 1.807) is 18.6 Å². The fraction of sp³-hybridized carbons (Fsp3) is 0.350. The highest BCUT2D eigenvalue weighted by atomic mass is 16.2. The minimum absolute atomic E-state index is 0.0456. The minimum atomic E-state index is 0.0456. The molecule has 0 aliphatic carbocycles. The number of carbonyl (C=O) groups is 1. The van der Waals surface area contributed by atoms with Crippen molar-refractivity contribution in [2.75, 3.05) is 31.1 Å². The van der Waals surface area contributed by atoms with Gasteiger partial charge in [0.2, 0.25) is 0 Å². The van der Waals surface area contributed by atoms with Gasteiger partial charge in [-0.1, -0.05) is 12.1 Å². The van der Waals surface area contributed by atoms with Crippen LogP contribution in [0.2, 0.25) is 0 Å². The highest BCUT2D eigenvalue weighted by Gasteiger charge is 2.42. The summed E-state index contributed by atoms with van der Waals surface area (Å²) in [5, 5.41) is 8.36. The number of fused-ring (bicyclic) bond motifs is 1. The molecule has 2 saturated heterocycles. The summed E-state index contributed by atoms with van der Waals surface area (Å²) in [6, 6.07) is 7.51. The fourth-order valence-corrected chi connectivity index (χ4v) is 4.29. The lowest BCUT2D eigenvalue weighted by Gasteiger charge is -2.23. The summed E-state index contributed by atoms with van der Waals surface area (Å²) in [5.41, 5.74) is 2.28. The van der Waals surface area contributed by atoms with Crippen LogP contribution in [0, 0.1) is 18.8 Å². The first-order valence-corrected chi connectivity index (χ1v) is 9.47. The number of likely N-dealkylation sites (tertiary alicyclic amines) is 1. The number of aryl methyl sites for hydroxylation is 1. The summed E-state index contributed by atoms with van der Waals surface area (Å²) < 4.78 is 0. The number of aromatic nitrogens is 5. The number of para-hydroxylation sites is 1. The molecule has 3 aromatic rings. The van der Waals surface area contributed by atoms with Gasteiger partial charge in [0, 0.05) is 44.2 Å². The first-order valence-electron chi connectivity index (χ1n) is 9.47. The largest absolute Gasteiger partial charge is 0.355 e. The van der Waals surface area contributed by atoms with Gasteiger partial charge in [0.1, 0.15) is 5.82 Å². The van der Waals surface area contributed by atoms with Crippen molar-refractivity contribution in [1.82, 2.24) is 29.9 Å². The van der Waals surface area contributed by atoms with Gasteiger partial charge < -0.3 is 9.80 Å². The van der Waals surface area contributed by atoms with Crippen LogP contribution in [0.15, 0.2) is 49.1 Å². The maximum absolute atomic E-state index is 13.2. The molecule has 2 unspecified atom stereocenters. The number of benzene rings is 1. The Bertz CT molecular complexity index is 989. The van der Waals surface area contributed by atoms with Crippen LogP contribution in [0.5, 0.6) is 0 Å². The van der Waals surface area contributed by atoms with Crippen LogP contribution in [0.3, 0.4) is 0 Å². The molecule has 5 rings (SSSR count). The lowest BCUT2D eigenvalue weighted by atomic mass is 10.0. The van der Waals surface area contributed by atoms with Gasteiger partial charge in [-0.3, -0.25) is 9.78 Å². The molecular weight excluding hydrogens is 354 g/mol. The van der Waals surface area contributed by atoms with Crippen LogP contribution in [-0.4, -0.2) is 61.9 Å². The molecule has 0 saturated carbocycles. The number of nitrogens with zero attached hydrogens (tertiary/aromatic N) is 7. The van der Waals surface area contributed by atoms with Crippen molar-refractivity contribution in [3.63, 3.8) is 0 Å². The van der Waals surface area contributed by atoms with Crippen LogP contribution in [0.25, 0.3) is 5.69 Å². The number of carbonyl (C=O) groups excluding carboxylic acids is 1. The molecule has 8 heteroatoms. The topological polar surface area (TPSA) is 80.0 Å². The number of hydrogen-bond acceptors (Lipinski definition) is 6. The Kier molecular flexibility index (Phi) is 4.03. The van der Waals surface area contributed by atoms with Crippen LogP contribution in [-0.2, 0) is 0 Å². The summed E-state index contributed by atoms with van der Waals surface area (Å²) in [6.45, 7) is 5.31. The molecule has 2 fully saturated rings. The average Bonchev–Trinajstić information content (AvgIpc) is 3.43. The van der Waals surface area contributed by atoms with Gasteiger partial charge in [-0.15, -0.1) is 0 Å². The second-order valence-corrected chi connectivity index (χ2v) is 7.49. The van der Waals surface area contributed by atoms with Crippen LogP contribution >= 0.6 is 0 Å². The predicted octanol–water partition coefficient (Wildman–Crippen LogP) is 1.57. The average molecular weight is 375 g/mol. The Labute approximate surface area is 162 Å². The van der Waals surface area contributed by atoms with Crippen LogP contribution in [0.4, 0.5) is 5.82 Å². The van der Waals surface area contributed by atoms with E-state index in [9.17, 15) is 4.79 Å². The zero-order chi connectivity index (χ0) is 19.1. The van der Waals surface area contributed by atoms with Gasteiger partial charge in [0.15, 0.2) is 0 Å².